The van der Waals surface area contributed by atoms with Crippen LogP contribution in [0.4, 0.5) is 19.0 Å². The van der Waals surface area contributed by atoms with Gasteiger partial charge in [-0.15, -0.1) is 11.3 Å². The molecule has 0 spiro atoms. The summed E-state index contributed by atoms with van der Waals surface area (Å²) in [7, 11) is 1.74. The summed E-state index contributed by atoms with van der Waals surface area (Å²) in [5.41, 5.74) is -0.329. The second-order valence-electron chi connectivity index (χ2n) is 5.62. The lowest BCUT2D eigenvalue weighted by atomic mass is 10.3. The molecule has 0 atom stereocenters. The number of aryl methyl sites for hydroxylation is 1. The van der Waals surface area contributed by atoms with Crippen LogP contribution >= 0.6 is 22.9 Å². The van der Waals surface area contributed by atoms with Crippen LogP contribution in [-0.4, -0.2) is 38.2 Å². The Balaban J connectivity index is 1.57. The van der Waals surface area contributed by atoms with E-state index < -0.39 is 35.2 Å². The second-order valence-corrected chi connectivity index (χ2v) is 6.88. The van der Waals surface area contributed by atoms with Gasteiger partial charge in [-0.2, -0.15) is 18.3 Å². The summed E-state index contributed by atoms with van der Waals surface area (Å²) >= 11 is 6.90. The van der Waals surface area contributed by atoms with Crippen molar-refractivity contribution >= 4 is 40.6 Å². The van der Waals surface area contributed by atoms with E-state index in [1.54, 1.807) is 24.1 Å². The zero-order valence-electron chi connectivity index (χ0n) is 14.5. The highest BCUT2D eigenvalue weighted by Gasteiger charge is 2.31. The average molecular weight is 446 g/mol. The predicted molar refractivity (Wildman–Crippen MR) is 97.5 cm³/mol. The Hall–Kier alpha value is -2.99. The van der Waals surface area contributed by atoms with Crippen LogP contribution in [0.2, 0.25) is 5.02 Å². The third-order valence-electron chi connectivity index (χ3n) is 3.43. The molecule has 0 saturated heterocycles. The van der Waals surface area contributed by atoms with Crippen molar-refractivity contribution in [2.24, 2.45) is 7.05 Å². The molecule has 13 heteroatoms. The fourth-order valence-electron chi connectivity index (χ4n) is 2.09. The molecule has 1 N–H and O–H groups in total. The summed E-state index contributed by atoms with van der Waals surface area (Å²) in [5.74, 6) is -1.94. The van der Waals surface area contributed by atoms with Gasteiger partial charge in [0.15, 0.2) is 18.1 Å². The van der Waals surface area contributed by atoms with Gasteiger partial charge >= 0.3 is 12.1 Å². The van der Waals surface area contributed by atoms with E-state index in [1.165, 1.54) is 16.7 Å². The highest BCUT2D eigenvalue weighted by Crippen LogP contribution is 2.32. The van der Waals surface area contributed by atoms with Gasteiger partial charge in [0.2, 0.25) is 0 Å². The maximum atomic E-state index is 12.6. The monoisotopic (exact) mass is 445 g/mol. The minimum Gasteiger partial charge on any atom is -0.451 e. The van der Waals surface area contributed by atoms with Gasteiger partial charge in [-0.1, -0.05) is 11.6 Å². The second kappa shape index (κ2) is 8.17. The number of halogens is 4. The van der Waals surface area contributed by atoms with Gasteiger partial charge in [-0.05, 0) is 6.07 Å². The molecule has 8 nitrogen and oxygen atoms in total. The fraction of sp³-hybridized carbons (Fsp3) is 0.188. The van der Waals surface area contributed by atoms with Crippen molar-refractivity contribution in [1.29, 1.82) is 0 Å². The Labute approximate surface area is 170 Å². The zero-order valence-corrected chi connectivity index (χ0v) is 16.1. The number of thiazole rings is 1. The number of nitrogens with one attached hydrogen (secondary N) is 1. The number of hydrogen-bond donors (Lipinski definition) is 1. The van der Waals surface area contributed by atoms with Crippen molar-refractivity contribution in [3.8, 4) is 10.6 Å². The highest BCUT2D eigenvalue weighted by atomic mass is 35.5. The van der Waals surface area contributed by atoms with E-state index in [2.05, 4.69) is 20.4 Å². The number of amides is 1. The fourth-order valence-corrected chi connectivity index (χ4v) is 3.07. The van der Waals surface area contributed by atoms with Crippen LogP contribution in [0, 0.1) is 0 Å². The molecule has 0 aromatic carbocycles. The summed E-state index contributed by atoms with van der Waals surface area (Å²) in [5, 5.41) is 7.80. The van der Waals surface area contributed by atoms with E-state index in [4.69, 9.17) is 16.3 Å². The van der Waals surface area contributed by atoms with E-state index in [-0.39, 0.29) is 11.5 Å². The highest BCUT2D eigenvalue weighted by molar-refractivity contribution is 7.13. The molecule has 1 amide bonds. The van der Waals surface area contributed by atoms with Crippen molar-refractivity contribution in [2.45, 2.75) is 6.18 Å². The van der Waals surface area contributed by atoms with Gasteiger partial charge in [0.25, 0.3) is 5.91 Å². The quantitative estimate of drug-likeness (QED) is 0.604. The summed E-state index contributed by atoms with van der Waals surface area (Å²) in [6.07, 6.45) is -0.774. The molecule has 29 heavy (non-hydrogen) atoms. The number of alkyl halides is 3. The third-order valence-corrected chi connectivity index (χ3v) is 4.61. The predicted octanol–water partition coefficient (Wildman–Crippen LogP) is 3.41. The Morgan fingerprint density at radius 3 is 2.72 bits per heavy atom. The van der Waals surface area contributed by atoms with E-state index in [0.717, 1.165) is 5.56 Å². The lowest BCUT2D eigenvalue weighted by Crippen LogP contribution is -2.22. The number of esters is 1. The molecule has 0 saturated carbocycles. The van der Waals surface area contributed by atoms with Crippen LogP contribution in [0.3, 0.4) is 0 Å². The molecule has 152 valence electrons. The first-order chi connectivity index (χ1) is 13.6. The first-order valence-electron chi connectivity index (χ1n) is 7.78. The van der Waals surface area contributed by atoms with Crippen molar-refractivity contribution in [3.05, 3.63) is 46.3 Å². The number of carbonyl (C=O) groups is 2. The van der Waals surface area contributed by atoms with Gasteiger partial charge in [0.05, 0.1) is 16.8 Å². The molecule has 0 aliphatic rings. The molecule has 3 rings (SSSR count). The first-order valence-corrected chi connectivity index (χ1v) is 9.03. The van der Waals surface area contributed by atoms with E-state index in [9.17, 15) is 22.8 Å². The average Bonchev–Trinajstić information content (AvgIpc) is 3.29. The van der Waals surface area contributed by atoms with Crippen molar-refractivity contribution in [1.82, 2.24) is 19.7 Å². The lowest BCUT2D eigenvalue weighted by molar-refractivity contribution is -0.137. The zero-order chi connectivity index (χ0) is 21.2. The van der Waals surface area contributed by atoms with Crippen LogP contribution in [0.1, 0.15) is 16.1 Å². The summed E-state index contributed by atoms with van der Waals surface area (Å²) < 4.78 is 44.2. The molecule has 0 unspecified atom stereocenters. The summed E-state index contributed by atoms with van der Waals surface area (Å²) in [6, 6.07) is 0.630. The summed E-state index contributed by atoms with van der Waals surface area (Å²) in [4.78, 5) is 31.5. The number of ether oxygens (including phenoxy) is 1. The number of nitrogens with zero attached hydrogens (tertiary/aromatic N) is 4. The van der Waals surface area contributed by atoms with Crippen LogP contribution in [-0.2, 0) is 22.8 Å². The molecular weight excluding hydrogens is 435 g/mol. The van der Waals surface area contributed by atoms with Gasteiger partial charge in [0, 0.05) is 30.4 Å². The van der Waals surface area contributed by atoms with Gasteiger partial charge in [-0.25, -0.2) is 14.8 Å². The Bertz CT molecular complexity index is 1070. The van der Waals surface area contributed by atoms with Crippen molar-refractivity contribution in [3.63, 3.8) is 0 Å². The molecular formula is C16H11ClF3N5O3S. The minimum atomic E-state index is -4.61. The van der Waals surface area contributed by atoms with Crippen LogP contribution < -0.4 is 5.32 Å². The molecule has 3 heterocycles. The topological polar surface area (TPSA) is 99.0 Å². The number of pyridine rings is 1. The maximum absolute atomic E-state index is 12.6. The number of anilines is 1. The number of hydrogen-bond acceptors (Lipinski definition) is 7. The molecule has 0 radical (unpaired) electrons. The Kier molecular flexibility index (Phi) is 5.84. The molecule has 3 aromatic rings. The third kappa shape index (κ3) is 5.09. The number of rotatable bonds is 5. The van der Waals surface area contributed by atoms with E-state index in [0.29, 0.717) is 17.3 Å². The smallest absolute Gasteiger partial charge is 0.417 e. The van der Waals surface area contributed by atoms with E-state index >= 15 is 0 Å². The van der Waals surface area contributed by atoms with Crippen molar-refractivity contribution < 1.29 is 27.5 Å². The molecule has 3 aromatic heterocycles. The molecule has 0 fully saturated rings. The van der Waals surface area contributed by atoms with E-state index in [1.807, 2.05) is 0 Å². The Morgan fingerprint density at radius 2 is 2.10 bits per heavy atom. The van der Waals surface area contributed by atoms with Crippen LogP contribution in [0.5, 0.6) is 0 Å². The standard InChI is InChI=1S/C16H11ClF3N5O3S/c1-25-5-8(3-22-25)14-23-11(7-29-14)15(27)28-6-12(26)24-13-10(17)2-9(4-21-13)16(18,19)20/h2-5,7H,6H2,1H3,(H,21,24,26). The van der Waals surface area contributed by atoms with Crippen LogP contribution in [0.15, 0.2) is 30.0 Å². The molecule has 0 bridgehead atoms. The number of aromatic nitrogens is 4. The normalized spacial score (nSPS) is 11.3. The molecule has 0 aliphatic carbocycles. The first kappa shape index (κ1) is 20.7. The number of carbonyl (C=O) groups excluding carboxylic acids is 2. The van der Waals surface area contributed by atoms with Gasteiger partial charge < -0.3 is 10.1 Å². The SMILES string of the molecule is Cn1cc(-c2nc(C(=O)OCC(=O)Nc3ncc(C(F)(F)F)cc3Cl)cs2)cn1. The molecule has 0 aliphatic heterocycles. The maximum Gasteiger partial charge on any atom is 0.417 e. The summed E-state index contributed by atoms with van der Waals surface area (Å²) in [6.45, 7) is -0.697. The van der Waals surface area contributed by atoms with Crippen LogP contribution in [0.25, 0.3) is 10.6 Å². The largest absolute Gasteiger partial charge is 0.451 e. The van der Waals surface area contributed by atoms with Gasteiger partial charge in [-0.3, -0.25) is 9.48 Å². The Morgan fingerprint density at radius 1 is 1.34 bits per heavy atom. The van der Waals surface area contributed by atoms with Crippen molar-refractivity contribution in [2.75, 3.05) is 11.9 Å². The minimum absolute atomic E-state index is 0.00680. The lowest BCUT2D eigenvalue weighted by Gasteiger charge is -2.10. The van der Waals surface area contributed by atoms with Gasteiger partial charge in [0.1, 0.15) is 5.01 Å².